The number of hydrogen-bond donors (Lipinski definition) is 1. The Labute approximate surface area is 144 Å². The lowest BCUT2D eigenvalue weighted by Crippen LogP contribution is -2.16. The van der Waals surface area contributed by atoms with Crippen molar-refractivity contribution in [1.82, 2.24) is 14.9 Å². The predicted octanol–water partition coefficient (Wildman–Crippen LogP) is 3.70. The maximum absolute atomic E-state index is 12.3. The number of rotatable bonds is 5. The van der Waals surface area contributed by atoms with Gasteiger partial charge >= 0.3 is 0 Å². The van der Waals surface area contributed by atoms with Gasteiger partial charge in [-0.05, 0) is 43.5 Å². The largest absolute Gasteiger partial charge is 0.344 e. The van der Waals surface area contributed by atoms with Crippen LogP contribution in [0.15, 0.2) is 41.1 Å². The average Bonchev–Trinajstić information content (AvgIpc) is 3.13. The molecule has 24 heavy (non-hydrogen) atoms. The van der Waals surface area contributed by atoms with E-state index in [4.69, 9.17) is 16.1 Å². The van der Waals surface area contributed by atoms with Crippen LogP contribution in [-0.4, -0.2) is 20.8 Å². The van der Waals surface area contributed by atoms with Crippen molar-refractivity contribution in [1.29, 1.82) is 0 Å². The van der Waals surface area contributed by atoms with Gasteiger partial charge in [-0.3, -0.25) is 4.79 Å². The van der Waals surface area contributed by atoms with Crippen LogP contribution >= 0.6 is 11.6 Å². The number of aryl methyl sites for hydroxylation is 2. The highest BCUT2D eigenvalue weighted by Gasteiger charge is 2.14. The summed E-state index contributed by atoms with van der Waals surface area (Å²) >= 11 is 5.92. The third-order valence-corrected chi connectivity index (χ3v) is 4.09. The van der Waals surface area contributed by atoms with E-state index in [9.17, 15) is 4.79 Å². The molecule has 0 radical (unpaired) electrons. The lowest BCUT2D eigenvalue weighted by atomic mass is 10.1. The minimum atomic E-state index is -0.123. The monoisotopic (exact) mass is 344 g/mol. The standard InChI is InChI=1S/C17H17ClN4O2/c1-11-5-3-4-6-14(11)22-15(9-10-19-22)20-16(23)8-7-13-12(2)21-24-17(13)18/h3-6,9-10H,7-8H2,1-2H3,(H,20,23). The van der Waals surface area contributed by atoms with Crippen LogP contribution in [0, 0.1) is 13.8 Å². The molecular weight excluding hydrogens is 328 g/mol. The Hall–Kier alpha value is -2.60. The van der Waals surface area contributed by atoms with Crippen LogP contribution in [0.2, 0.25) is 5.22 Å². The number of nitrogens with one attached hydrogen (secondary N) is 1. The van der Waals surface area contributed by atoms with E-state index in [1.165, 1.54) is 0 Å². The van der Waals surface area contributed by atoms with Gasteiger partial charge in [0.25, 0.3) is 0 Å². The number of carbonyl (C=O) groups is 1. The van der Waals surface area contributed by atoms with Crippen molar-refractivity contribution in [2.45, 2.75) is 26.7 Å². The van der Waals surface area contributed by atoms with E-state index in [2.05, 4.69) is 15.6 Å². The van der Waals surface area contributed by atoms with Crippen molar-refractivity contribution in [2.75, 3.05) is 5.32 Å². The topological polar surface area (TPSA) is 73.0 Å². The number of hydrogen-bond acceptors (Lipinski definition) is 4. The van der Waals surface area contributed by atoms with Crippen molar-refractivity contribution in [3.05, 3.63) is 58.6 Å². The average molecular weight is 345 g/mol. The first-order valence-corrected chi connectivity index (χ1v) is 7.94. The molecule has 0 saturated carbocycles. The van der Waals surface area contributed by atoms with Gasteiger partial charge in [0, 0.05) is 18.1 Å². The summed E-state index contributed by atoms with van der Waals surface area (Å²) in [6.07, 6.45) is 2.41. The molecule has 0 fully saturated rings. The molecule has 1 amide bonds. The quantitative estimate of drug-likeness (QED) is 0.765. The normalized spacial score (nSPS) is 10.8. The number of nitrogens with zero attached hydrogens (tertiary/aromatic N) is 3. The summed E-state index contributed by atoms with van der Waals surface area (Å²) in [5.74, 6) is 0.504. The first kappa shape index (κ1) is 16.3. The Bertz CT molecular complexity index is 850. The Morgan fingerprint density at radius 1 is 1.29 bits per heavy atom. The van der Waals surface area contributed by atoms with Gasteiger partial charge in [-0.2, -0.15) is 5.10 Å². The molecule has 2 aromatic heterocycles. The zero-order valence-corrected chi connectivity index (χ0v) is 14.2. The van der Waals surface area contributed by atoms with E-state index in [0.717, 1.165) is 16.8 Å². The van der Waals surface area contributed by atoms with Crippen LogP contribution in [0.25, 0.3) is 5.69 Å². The minimum Gasteiger partial charge on any atom is -0.344 e. The zero-order valence-electron chi connectivity index (χ0n) is 13.4. The molecule has 0 aliphatic heterocycles. The number of anilines is 1. The van der Waals surface area contributed by atoms with Crippen molar-refractivity contribution < 1.29 is 9.32 Å². The fourth-order valence-electron chi connectivity index (χ4n) is 2.48. The number of halogens is 1. The van der Waals surface area contributed by atoms with E-state index >= 15 is 0 Å². The highest BCUT2D eigenvalue weighted by Crippen LogP contribution is 2.21. The van der Waals surface area contributed by atoms with Crippen LogP contribution in [-0.2, 0) is 11.2 Å². The molecule has 0 spiro atoms. The lowest BCUT2D eigenvalue weighted by Gasteiger charge is -2.11. The summed E-state index contributed by atoms with van der Waals surface area (Å²) in [5.41, 5.74) is 3.47. The van der Waals surface area contributed by atoms with Crippen molar-refractivity contribution >= 4 is 23.3 Å². The second-order valence-electron chi connectivity index (χ2n) is 5.48. The van der Waals surface area contributed by atoms with Gasteiger partial charge in [0.15, 0.2) is 0 Å². The summed E-state index contributed by atoms with van der Waals surface area (Å²) in [6, 6.07) is 9.62. The molecule has 3 rings (SSSR count). The van der Waals surface area contributed by atoms with Crippen molar-refractivity contribution in [3.63, 3.8) is 0 Å². The first-order valence-electron chi connectivity index (χ1n) is 7.57. The van der Waals surface area contributed by atoms with Crippen molar-refractivity contribution in [3.8, 4) is 5.69 Å². The fraction of sp³-hybridized carbons (Fsp3) is 0.235. The number of amides is 1. The molecule has 7 heteroatoms. The second kappa shape index (κ2) is 6.88. The third kappa shape index (κ3) is 3.33. The SMILES string of the molecule is Cc1ccccc1-n1nccc1NC(=O)CCc1c(C)noc1Cl. The van der Waals surface area contributed by atoms with E-state index in [1.807, 2.05) is 31.2 Å². The summed E-state index contributed by atoms with van der Waals surface area (Å²) in [7, 11) is 0. The molecule has 0 saturated heterocycles. The van der Waals surface area contributed by atoms with Crippen LogP contribution in [0.4, 0.5) is 5.82 Å². The Morgan fingerprint density at radius 3 is 2.79 bits per heavy atom. The fourth-order valence-corrected chi connectivity index (χ4v) is 2.74. The van der Waals surface area contributed by atoms with E-state index in [1.54, 1.807) is 23.9 Å². The molecule has 3 aromatic rings. The molecular formula is C17H17ClN4O2. The van der Waals surface area contributed by atoms with Gasteiger partial charge < -0.3 is 9.84 Å². The molecule has 1 N–H and O–H groups in total. The van der Waals surface area contributed by atoms with E-state index in [0.29, 0.717) is 17.9 Å². The number of benzene rings is 1. The molecule has 0 bridgehead atoms. The Kier molecular flexibility index (Phi) is 4.66. The van der Waals surface area contributed by atoms with Crippen LogP contribution < -0.4 is 5.32 Å². The summed E-state index contributed by atoms with van der Waals surface area (Å²) in [6.45, 7) is 3.80. The highest BCUT2D eigenvalue weighted by atomic mass is 35.5. The number of aromatic nitrogens is 3. The van der Waals surface area contributed by atoms with Gasteiger partial charge in [-0.15, -0.1) is 0 Å². The molecule has 1 aromatic carbocycles. The summed E-state index contributed by atoms with van der Waals surface area (Å²) in [5, 5.41) is 11.2. The van der Waals surface area contributed by atoms with Gasteiger partial charge in [0.05, 0.1) is 17.6 Å². The molecule has 6 nitrogen and oxygen atoms in total. The van der Waals surface area contributed by atoms with Crippen LogP contribution in [0.3, 0.4) is 0 Å². The van der Waals surface area contributed by atoms with E-state index < -0.39 is 0 Å². The molecule has 0 unspecified atom stereocenters. The van der Waals surface area contributed by atoms with Gasteiger partial charge in [-0.25, -0.2) is 4.68 Å². The van der Waals surface area contributed by atoms with Crippen LogP contribution in [0.5, 0.6) is 0 Å². The number of carbonyl (C=O) groups excluding carboxylic acids is 1. The Balaban J connectivity index is 1.70. The molecule has 0 aliphatic rings. The first-order chi connectivity index (χ1) is 11.6. The lowest BCUT2D eigenvalue weighted by molar-refractivity contribution is -0.116. The third-order valence-electron chi connectivity index (χ3n) is 3.79. The van der Waals surface area contributed by atoms with Gasteiger partial charge in [0.2, 0.25) is 11.1 Å². The maximum Gasteiger partial charge on any atom is 0.229 e. The second-order valence-corrected chi connectivity index (χ2v) is 5.83. The summed E-state index contributed by atoms with van der Waals surface area (Å²) in [4.78, 5) is 12.3. The van der Waals surface area contributed by atoms with Gasteiger partial charge in [0.1, 0.15) is 5.82 Å². The molecule has 0 aliphatic carbocycles. The Morgan fingerprint density at radius 2 is 2.08 bits per heavy atom. The number of para-hydroxylation sites is 1. The summed E-state index contributed by atoms with van der Waals surface area (Å²) < 4.78 is 6.61. The van der Waals surface area contributed by atoms with Gasteiger partial charge in [-0.1, -0.05) is 23.4 Å². The maximum atomic E-state index is 12.3. The molecule has 2 heterocycles. The molecule has 0 atom stereocenters. The predicted molar refractivity (Wildman–Crippen MR) is 91.5 cm³/mol. The van der Waals surface area contributed by atoms with E-state index in [-0.39, 0.29) is 17.5 Å². The van der Waals surface area contributed by atoms with Crippen molar-refractivity contribution in [2.24, 2.45) is 0 Å². The molecule has 124 valence electrons. The smallest absolute Gasteiger partial charge is 0.229 e. The van der Waals surface area contributed by atoms with Crippen LogP contribution in [0.1, 0.15) is 23.2 Å². The zero-order chi connectivity index (χ0) is 17.1. The minimum absolute atomic E-state index is 0.123. The highest BCUT2D eigenvalue weighted by molar-refractivity contribution is 6.29.